The van der Waals surface area contributed by atoms with Crippen molar-refractivity contribution in [1.29, 1.82) is 0 Å². The van der Waals surface area contributed by atoms with Gasteiger partial charge in [-0.2, -0.15) is 5.10 Å². The Morgan fingerprint density at radius 1 is 1.06 bits per heavy atom. The number of ether oxygens (including phenoxy) is 1. The van der Waals surface area contributed by atoms with Crippen molar-refractivity contribution in [2.24, 2.45) is 0 Å². The number of nitrogens with one attached hydrogen (secondary N) is 1. The lowest BCUT2D eigenvalue weighted by molar-refractivity contribution is -0.00876. The molecule has 35 heavy (non-hydrogen) atoms. The summed E-state index contributed by atoms with van der Waals surface area (Å²) < 4.78 is 7.12. The first-order chi connectivity index (χ1) is 17.2. The molecule has 0 radical (unpaired) electrons. The lowest BCUT2D eigenvalue weighted by Crippen LogP contribution is -2.68. The van der Waals surface area contributed by atoms with Gasteiger partial charge in [-0.25, -0.2) is 14.5 Å². The van der Waals surface area contributed by atoms with Crippen molar-refractivity contribution in [2.75, 3.05) is 25.1 Å². The Balaban J connectivity index is 1.10. The number of methoxy groups -OCH3 is 1. The molecule has 3 aliphatic rings. The maximum absolute atomic E-state index is 5.18. The maximum atomic E-state index is 5.18. The average molecular weight is 467 g/mol. The summed E-state index contributed by atoms with van der Waals surface area (Å²) in [5.74, 6) is 1.70. The number of fused-ring (bicyclic) bond motifs is 5. The van der Waals surface area contributed by atoms with E-state index in [1.807, 2.05) is 35.4 Å². The third-order valence-electron chi connectivity index (χ3n) is 7.36. The standard InChI is InChI=1S/C26H26N8O/c1-16-7-21(25-22-11-29-30-26(22)31-34(25)12-16)18-4-5-23(27-10-18)32-14-19-8-20(15-32)33(19)13-17-3-6-24(35-2)28-9-17/h3-7,9-12,19-20H,8,13-15H2,1-2H3,(H,30,31). The lowest BCUT2D eigenvalue weighted by Gasteiger charge is -2.56. The van der Waals surface area contributed by atoms with Crippen LogP contribution in [0, 0.1) is 6.92 Å². The van der Waals surface area contributed by atoms with Crippen LogP contribution in [0.4, 0.5) is 5.82 Å². The van der Waals surface area contributed by atoms with Crippen LogP contribution in [-0.2, 0) is 6.54 Å². The van der Waals surface area contributed by atoms with Crippen molar-refractivity contribution in [3.63, 3.8) is 0 Å². The summed E-state index contributed by atoms with van der Waals surface area (Å²) in [5.41, 5.74) is 6.43. The summed E-state index contributed by atoms with van der Waals surface area (Å²) in [4.78, 5) is 14.2. The van der Waals surface area contributed by atoms with Gasteiger partial charge in [0.2, 0.25) is 5.88 Å². The molecule has 0 saturated carbocycles. The number of hydrogen-bond acceptors (Lipinski definition) is 7. The van der Waals surface area contributed by atoms with E-state index in [0.717, 1.165) is 58.7 Å². The zero-order chi connectivity index (χ0) is 23.5. The van der Waals surface area contributed by atoms with Gasteiger partial charge in [-0.15, -0.1) is 5.10 Å². The number of rotatable bonds is 5. The molecule has 1 N–H and O–H groups in total. The van der Waals surface area contributed by atoms with E-state index in [1.165, 1.54) is 12.0 Å². The summed E-state index contributed by atoms with van der Waals surface area (Å²) in [7, 11) is 1.65. The molecule has 3 aliphatic heterocycles. The number of aromatic nitrogens is 6. The second kappa shape index (κ2) is 7.78. The van der Waals surface area contributed by atoms with E-state index in [2.05, 4.69) is 61.3 Å². The molecule has 0 spiro atoms. The largest absolute Gasteiger partial charge is 0.481 e. The maximum Gasteiger partial charge on any atom is 0.212 e. The number of anilines is 1. The van der Waals surface area contributed by atoms with Crippen molar-refractivity contribution >= 4 is 22.4 Å². The Morgan fingerprint density at radius 3 is 2.69 bits per heavy atom. The van der Waals surface area contributed by atoms with Gasteiger partial charge in [-0.3, -0.25) is 10.00 Å². The van der Waals surface area contributed by atoms with Crippen molar-refractivity contribution in [1.82, 2.24) is 34.7 Å². The monoisotopic (exact) mass is 466 g/mol. The Morgan fingerprint density at radius 2 is 1.94 bits per heavy atom. The van der Waals surface area contributed by atoms with Crippen LogP contribution in [0.3, 0.4) is 0 Å². The van der Waals surface area contributed by atoms with Gasteiger partial charge >= 0.3 is 0 Å². The van der Waals surface area contributed by atoms with Crippen LogP contribution in [0.2, 0.25) is 0 Å². The zero-order valence-corrected chi connectivity index (χ0v) is 19.7. The van der Waals surface area contributed by atoms with Gasteiger partial charge < -0.3 is 9.64 Å². The molecule has 3 saturated heterocycles. The molecule has 2 unspecified atom stereocenters. The highest BCUT2D eigenvalue weighted by Crippen LogP contribution is 2.36. The summed E-state index contributed by atoms with van der Waals surface area (Å²) in [6, 6.07) is 11.7. The number of piperazine rings is 1. The van der Waals surface area contributed by atoms with Crippen LogP contribution in [0.25, 0.3) is 27.7 Å². The summed E-state index contributed by atoms with van der Waals surface area (Å²) >= 11 is 0. The van der Waals surface area contributed by atoms with Crippen LogP contribution in [0.5, 0.6) is 5.88 Å². The first kappa shape index (κ1) is 20.4. The Kier molecular flexibility index (Phi) is 4.53. The molecule has 176 valence electrons. The van der Waals surface area contributed by atoms with Gasteiger partial charge in [0.15, 0.2) is 5.65 Å². The van der Waals surface area contributed by atoms with Crippen molar-refractivity contribution < 1.29 is 4.74 Å². The Hall–Kier alpha value is -3.98. The van der Waals surface area contributed by atoms with E-state index in [0.29, 0.717) is 18.0 Å². The minimum absolute atomic E-state index is 0.551. The van der Waals surface area contributed by atoms with E-state index >= 15 is 0 Å². The third-order valence-corrected chi connectivity index (χ3v) is 7.36. The molecule has 8 rings (SSSR count). The number of piperidine rings is 1. The van der Waals surface area contributed by atoms with Gasteiger partial charge in [-0.05, 0) is 42.7 Å². The second-order valence-electron chi connectivity index (χ2n) is 9.59. The van der Waals surface area contributed by atoms with Gasteiger partial charge in [0, 0.05) is 67.5 Å². The number of pyridine rings is 3. The normalized spacial score (nSPS) is 19.9. The Bertz CT molecular complexity index is 1510. The number of hydrogen-bond donors (Lipinski definition) is 1. The SMILES string of the molecule is COc1ccc(CN2C3CC2CN(c2ccc(-c4cc(C)cn5nc6[nH]ncc6c45)cn2)C3)cn1. The van der Waals surface area contributed by atoms with Crippen molar-refractivity contribution in [2.45, 2.75) is 32.0 Å². The highest BCUT2D eigenvalue weighted by Gasteiger charge is 2.44. The first-order valence-electron chi connectivity index (χ1n) is 11.9. The fourth-order valence-electron chi connectivity index (χ4n) is 5.62. The molecule has 5 aromatic rings. The smallest absolute Gasteiger partial charge is 0.212 e. The molecule has 0 aliphatic carbocycles. The van der Waals surface area contributed by atoms with E-state index in [9.17, 15) is 0 Å². The van der Waals surface area contributed by atoms with Crippen LogP contribution in [0.15, 0.2) is 55.1 Å². The zero-order valence-electron chi connectivity index (χ0n) is 19.7. The number of H-pyrrole nitrogens is 1. The van der Waals surface area contributed by atoms with Gasteiger partial charge in [0.05, 0.1) is 24.2 Å². The molecule has 2 bridgehead atoms. The Labute approximate surface area is 202 Å². The van der Waals surface area contributed by atoms with E-state index < -0.39 is 0 Å². The van der Waals surface area contributed by atoms with Crippen LogP contribution < -0.4 is 9.64 Å². The fraction of sp³-hybridized carbons (Fsp3) is 0.308. The van der Waals surface area contributed by atoms with E-state index in [4.69, 9.17) is 9.72 Å². The predicted octanol–water partition coefficient (Wildman–Crippen LogP) is 3.45. The molecule has 3 fully saturated rings. The molecule has 5 aromatic heterocycles. The summed E-state index contributed by atoms with van der Waals surface area (Å²) in [5, 5.41) is 12.8. The van der Waals surface area contributed by atoms with E-state index in [1.54, 1.807) is 7.11 Å². The minimum Gasteiger partial charge on any atom is -0.481 e. The van der Waals surface area contributed by atoms with Crippen molar-refractivity contribution in [3.05, 3.63) is 66.2 Å². The molecule has 0 aromatic carbocycles. The summed E-state index contributed by atoms with van der Waals surface area (Å²) in [6.07, 6.45) is 9.05. The second-order valence-corrected chi connectivity index (χ2v) is 9.59. The summed E-state index contributed by atoms with van der Waals surface area (Å²) in [6.45, 7) is 5.02. The van der Waals surface area contributed by atoms with Crippen LogP contribution in [-0.4, -0.2) is 67.0 Å². The lowest BCUT2D eigenvalue weighted by atomic mass is 9.87. The minimum atomic E-state index is 0.551. The molecule has 9 nitrogen and oxygen atoms in total. The van der Waals surface area contributed by atoms with Crippen LogP contribution in [0.1, 0.15) is 17.5 Å². The van der Waals surface area contributed by atoms with Gasteiger partial charge in [-0.1, -0.05) is 6.07 Å². The predicted molar refractivity (Wildman–Crippen MR) is 134 cm³/mol. The highest BCUT2D eigenvalue weighted by atomic mass is 16.5. The number of nitrogens with zero attached hydrogens (tertiary/aromatic N) is 7. The number of aromatic amines is 1. The quantitative estimate of drug-likeness (QED) is 0.425. The van der Waals surface area contributed by atoms with Crippen molar-refractivity contribution in [3.8, 4) is 17.0 Å². The van der Waals surface area contributed by atoms with Gasteiger partial charge in [0.1, 0.15) is 5.82 Å². The molecule has 8 heterocycles. The highest BCUT2D eigenvalue weighted by molar-refractivity contribution is 6.00. The third kappa shape index (κ3) is 3.34. The number of aryl methyl sites for hydroxylation is 1. The molecule has 2 atom stereocenters. The van der Waals surface area contributed by atoms with E-state index in [-0.39, 0.29) is 0 Å². The average Bonchev–Trinajstić information content (AvgIpc) is 3.48. The molecule has 0 amide bonds. The molecular weight excluding hydrogens is 440 g/mol. The van der Waals surface area contributed by atoms with Gasteiger partial charge in [0.25, 0.3) is 0 Å². The fourth-order valence-corrected chi connectivity index (χ4v) is 5.62. The van der Waals surface area contributed by atoms with Crippen LogP contribution >= 0.6 is 0 Å². The topological polar surface area (TPSA) is 87.5 Å². The molecular formula is C26H26N8O. The first-order valence-corrected chi connectivity index (χ1v) is 11.9. The molecule has 9 heteroatoms.